The predicted octanol–water partition coefficient (Wildman–Crippen LogP) is 2.56. The van der Waals surface area contributed by atoms with Gasteiger partial charge in [0.15, 0.2) is 5.76 Å². The van der Waals surface area contributed by atoms with Crippen molar-refractivity contribution in [1.82, 2.24) is 10.5 Å². The van der Waals surface area contributed by atoms with Crippen molar-refractivity contribution in [2.45, 2.75) is 20.0 Å². The van der Waals surface area contributed by atoms with Gasteiger partial charge in [-0.3, -0.25) is 0 Å². The van der Waals surface area contributed by atoms with E-state index < -0.39 is 0 Å². The van der Waals surface area contributed by atoms with Gasteiger partial charge >= 0.3 is 0 Å². The molecule has 102 valence electrons. The summed E-state index contributed by atoms with van der Waals surface area (Å²) in [4.78, 5) is 2.10. The fraction of sp³-hybridized carbons (Fsp3) is 0.357. The van der Waals surface area contributed by atoms with Gasteiger partial charge in [0.1, 0.15) is 5.82 Å². The largest absolute Gasteiger partial charge is 0.364 e. The van der Waals surface area contributed by atoms with E-state index in [4.69, 9.17) is 4.52 Å². The van der Waals surface area contributed by atoms with Crippen molar-refractivity contribution >= 4 is 5.69 Å². The van der Waals surface area contributed by atoms with Crippen LogP contribution in [0.4, 0.5) is 10.1 Å². The first-order chi connectivity index (χ1) is 9.22. The van der Waals surface area contributed by atoms with Gasteiger partial charge < -0.3 is 14.7 Å². The highest BCUT2D eigenvalue weighted by Crippen LogP contribution is 2.18. The zero-order valence-electron chi connectivity index (χ0n) is 11.2. The fourth-order valence-corrected chi connectivity index (χ4v) is 1.92. The predicted molar refractivity (Wildman–Crippen MR) is 72.4 cm³/mol. The second kappa shape index (κ2) is 6.33. The van der Waals surface area contributed by atoms with Crippen LogP contribution in [0, 0.1) is 5.82 Å². The fourth-order valence-electron chi connectivity index (χ4n) is 1.92. The number of hydrogen-bond donors (Lipinski definition) is 1. The van der Waals surface area contributed by atoms with Gasteiger partial charge in [-0.2, -0.15) is 0 Å². The maximum Gasteiger partial charge on any atom is 0.156 e. The summed E-state index contributed by atoms with van der Waals surface area (Å²) in [6.07, 6.45) is 0. The number of nitrogens with one attached hydrogen (secondary N) is 1. The van der Waals surface area contributed by atoms with E-state index in [1.165, 1.54) is 12.1 Å². The third kappa shape index (κ3) is 3.54. The minimum atomic E-state index is -0.226. The van der Waals surface area contributed by atoms with Crippen LogP contribution in [0.1, 0.15) is 18.4 Å². The first-order valence-electron chi connectivity index (χ1n) is 6.32. The Hall–Kier alpha value is -1.88. The summed E-state index contributed by atoms with van der Waals surface area (Å²) in [6.45, 7) is 4.17. The zero-order chi connectivity index (χ0) is 13.7. The van der Waals surface area contributed by atoms with E-state index in [9.17, 15) is 4.39 Å². The minimum absolute atomic E-state index is 0.226. The molecule has 2 aromatic rings. The van der Waals surface area contributed by atoms with E-state index in [-0.39, 0.29) is 5.82 Å². The highest BCUT2D eigenvalue weighted by molar-refractivity contribution is 5.46. The lowest BCUT2D eigenvalue weighted by Gasteiger charge is -2.21. The Morgan fingerprint density at radius 3 is 2.68 bits per heavy atom. The molecule has 0 aliphatic carbocycles. The van der Waals surface area contributed by atoms with Gasteiger partial charge in [0.05, 0.1) is 12.2 Å². The maximum absolute atomic E-state index is 12.9. The van der Waals surface area contributed by atoms with Crippen molar-refractivity contribution in [3.8, 4) is 0 Å². The van der Waals surface area contributed by atoms with Gasteiger partial charge in [0, 0.05) is 24.8 Å². The van der Waals surface area contributed by atoms with Crippen LogP contribution in [0.25, 0.3) is 0 Å². The Morgan fingerprint density at radius 2 is 2.05 bits per heavy atom. The summed E-state index contributed by atoms with van der Waals surface area (Å²) in [5, 5.41) is 7.00. The summed E-state index contributed by atoms with van der Waals surface area (Å²) in [5.74, 6) is 0.576. The molecule has 5 heteroatoms. The van der Waals surface area contributed by atoms with Gasteiger partial charge in [-0.25, -0.2) is 4.39 Å². The van der Waals surface area contributed by atoms with Crippen LogP contribution >= 0.6 is 0 Å². The molecule has 0 aliphatic rings. The number of aromatic nitrogens is 1. The lowest BCUT2D eigenvalue weighted by atomic mass is 10.2. The van der Waals surface area contributed by atoms with Crippen LogP contribution in [-0.2, 0) is 13.1 Å². The topological polar surface area (TPSA) is 41.3 Å². The molecule has 0 atom stereocenters. The first kappa shape index (κ1) is 13.5. The van der Waals surface area contributed by atoms with Crippen LogP contribution in [0.2, 0.25) is 0 Å². The molecular weight excluding hydrogens is 245 g/mol. The molecule has 0 saturated heterocycles. The Labute approximate surface area is 112 Å². The normalized spacial score (nSPS) is 10.7. The second-order valence-electron chi connectivity index (χ2n) is 4.31. The SMILES string of the molecule is CCN(Cc1cc(CNC)no1)c1ccc(F)cc1. The van der Waals surface area contributed by atoms with Gasteiger partial charge in [-0.1, -0.05) is 5.16 Å². The molecule has 0 amide bonds. The summed E-state index contributed by atoms with van der Waals surface area (Å²) in [5.41, 5.74) is 1.85. The number of benzene rings is 1. The monoisotopic (exact) mass is 263 g/mol. The van der Waals surface area contributed by atoms with Crippen molar-refractivity contribution in [2.24, 2.45) is 0 Å². The second-order valence-corrected chi connectivity index (χ2v) is 4.31. The number of hydrogen-bond acceptors (Lipinski definition) is 4. The average molecular weight is 263 g/mol. The Bertz CT molecular complexity index is 510. The van der Waals surface area contributed by atoms with Crippen LogP contribution in [0.5, 0.6) is 0 Å². The zero-order valence-corrected chi connectivity index (χ0v) is 11.2. The van der Waals surface area contributed by atoms with Crippen LogP contribution < -0.4 is 10.2 Å². The highest BCUT2D eigenvalue weighted by atomic mass is 19.1. The molecule has 1 heterocycles. The molecule has 1 N–H and O–H groups in total. The lowest BCUT2D eigenvalue weighted by Crippen LogP contribution is -2.21. The van der Waals surface area contributed by atoms with E-state index in [2.05, 4.69) is 15.4 Å². The van der Waals surface area contributed by atoms with Crippen molar-refractivity contribution in [3.63, 3.8) is 0 Å². The molecule has 4 nitrogen and oxygen atoms in total. The summed E-state index contributed by atoms with van der Waals surface area (Å²) in [7, 11) is 1.87. The first-order valence-corrected chi connectivity index (χ1v) is 6.32. The Morgan fingerprint density at radius 1 is 1.32 bits per heavy atom. The summed E-state index contributed by atoms with van der Waals surface area (Å²) >= 11 is 0. The molecule has 0 aliphatic heterocycles. The molecule has 1 aromatic heterocycles. The third-order valence-corrected chi connectivity index (χ3v) is 2.89. The van der Waals surface area contributed by atoms with Crippen molar-refractivity contribution in [3.05, 3.63) is 47.6 Å². The van der Waals surface area contributed by atoms with E-state index in [1.54, 1.807) is 12.1 Å². The van der Waals surface area contributed by atoms with Gasteiger partial charge in [-0.15, -0.1) is 0 Å². The van der Waals surface area contributed by atoms with E-state index in [1.807, 2.05) is 20.0 Å². The van der Waals surface area contributed by atoms with Crippen molar-refractivity contribution in [2.75, 3.05) is 18.5 Å². The molecule has 19 heavy (non-hydrogen) atoms. The van der Waals surface area contributed by atoms with Gasteiger partial charge in [0.25, 0.3) is 0 Å². The molecule has 0 unspecified atom stereocenters. The maximum atomic E-state index is 12.9. The molecule has 1 aromatic carbocycles. The van der Waals surface area contributed by atoms with E-state index in [0.717, 1.165) is 23.7 Å². The summed E-state index contributed by atoms with van der Waals surface area (Å²) in [6, 6.07) is 8.39. The smallest absolute Gasteiger partial charge is 0.156 e. The molecule has 0 saturated carbocycles. The third-order valence-electron chi connectivity index (χ3n) is 2.89. The van der Waals surface area contributed by atoms with Gasteiger partial charge in [-0.05, 0) is 38.2 Å². The van der Waals surface area contributed by atoms with Gasteiger partial charge in [0.2, 0.25) is 0 Å². The quantitative estimate of drug-likeness (QED) is 0.869. The van der Waals surface area contributed by atoms with Crippen molar-refractivity contribution in [1.29, 1.82) is 0 Å². The standard InChI is InChI=1S/C14H18FN3O/c1-3-18(13-6-4-11(15)5-7-13)10-14-8-12(9-16-2)17-19-14/h4-8,16H,3,9-10H2,1-2H3. The lowest BCUT2D eigenvalue weighted by molar-refractivity contribution is 0.374. The van der Waals surface area contributed by atoms with Crippen LogP contribution in [-0.4, -0.2) is 18.7 Å². The van der Waals surface area contributed by atoms with Crippen LogP contribution in [0.15, 0.2) is 34.9 Å². The highest BCUT2D eigenvalue weighted by Gasteiger charge is 2.10. The number of nitrogens with zero attached hydrogens (tertiary/aromatic N) is 2. The summed E-state index contributed by atoms with van der Waals surface area (Å²) < 4.78 is 18.2. The number of rotatable bonds is 6. The van der Waals surface area contributed by atoms with E-state index >= 15 is 0 Å². The van der Waals surface area contributed by atoms with Crippen LogP contribution in [0.3, 0.4) is 0 Å². The van der Waals surface area contributed by atoms with E-state index in [0.29, 0.717) is 13.1 Å². The Kier molecular flexibility index (Phi) is 4.52. The molecule has 2 rings (SSSR count). The molecule has 0 fully saturated rings. The van der Waals surface area contributed by atoms with Crippen molar-refractivity contribution < 1.29 is 8.91 Å². The molecular formula is C14H18FN3O. The minimum Gasteiger partial charge on any atom is -0.364 e. The molecule has 0 radical (unpaired) electrons. The molecule has 0 bridgehead atoms. The average Bonchev–Trinajstić information content (AvgIpc) is 2.85. The number of anilines is 1. The Balaban J connectivity index is 2.07. The number of halogens is 1. The molecule has 0 spiro atoms.